The van der Waals surface area contributed by atoms with E-state index in [-0.39, 0.29) is 71.5 Å². The number of carboxylic acid groups (broad SMARTS) is 1. The van der Waals surface area contributed by atoms with Gasteiger partial charge in [-0.3, -0.25) is 4.79 Å². The number of alkyl halides is 3. The van der Waals surface area contributed by atoms with Gasteiger partial charge in [0.2, 0.25) is 5.88 Å². The molecule has 0 aliphatic heterocycles. The monoisotopic (exact) mass is 579 g/mol. The zero-order chi connectivity index (χ0) is 28.8. The summed E-state index contributed by atoms with van der Waals surface area (Å²) in [6.45, 7) is -0.348. The van der Waals surface area contributed by atoms with Gasteiger partial charge in [-0.15, -0.1) is 0 Å². The minimum Gasteiger partial charge on any atom is -0.494 e. The summed E-state index contributed by atoms with van der Waals surface area (Å²) in [6.07, 6.45) is -1.37. The molecule has 40 heavy (non-hydrogen) atoms. The van der Waals surface area contributed by atoms with E-state index in [0.717, 1.165) is 29.5 Å². The van der Waals surface area contributed by atoms with Gasteiger partial charge in [0.15, 0.2) is 0 Å². The van der Waals surface area contributed by atoms with E-state index in [0.29, 0.717) is 6.42 Å². The predicted molar refractivity (Wildman–Crippen MR) is 136 cm³/mol. The maximum absolute atomic E-state index is 14.6. The van der Waals surface area contributed by atoms with Crippen molar-refractivity contribution in [2.45, 2.75) is 31.5 Å². The van der Waals surface area contributed by atoms with Crippen molar-refractivity contribution in [1.82, 2.24) is 4.98 Å². The molecule has 12 heteroatoms. The van der Waals surface area contributed by atoms with E-state index in [9.17, 15) is 35.9 Å². The van der Waals surface area contributed by atoms with Crippen molar-refractivity contribution in [3.63, 3.8) is 0 Å². The van der Waals surface area contributed by atoms with Crippen LogP contribution in [0.3, 0.4) is 0 Å². The van der Waals surface area contributed by atoms with Crippen molar-refractivity contribution in [2.24, 2.45) is 11.8 Å². The lowest BCUT2D eigenvalue weighted by molar-refractivity contribution is -0.139. The number of benzene rings is 2. The zero-order valence-electron chi connectivity index (χ0n) is 21.2. The molecule has 3 atom stereocenters. The van der Waals surface area contributed by atoms with Gasteiger partial charge in [0.25, 0.3) is 0 Å². The normalized spacial score (nSPS) is 19.6. The van der Waals surface area contributed by atoms with Crippen LogP contribution in [0.2, 0.25) is 0 Å². The Bertz CT molecular complexity index is 1570. The van der Waals surface area contributed by atoms with Crippen molar-refractivity contribution in [1.29, 1.82) is 0 Å². The minimum atomic E-state index is -4.73. The Balaban J connectivity index is 1.31. The number of nitrogens with zero attached hydrogens (tertiary/aromatic N) is 1. The number of carboxylic acids is 1. The topological polar surface area (TPSA) is 103 Å². The van der Waals surface area contributed by atoms with Crippen LogP contribution >= 0.6 is 0 Å². The fourth-order valence-electron chi connectivity index (χ4n) is 5.30. The Hall–Kier alpha value is -3.67. The summed E-state index contributed by atoms with van der Waals surface area (Å²) < 4.78 is 89.9. The summed E-state index contributed by atoms with van der Waals surface area (Å²) in [5, 5.41) is 9.26. The van der Waals surface area contributed by atoms with Crippen LogP contribution in [0.25, 0.3) is 11.1 Å². The molecule has 0 bridgehead atoms. The molecule has 2 aromatic carbocycles. The molecule has 1 saturated carbocycles. The first kappa shape index (κ1) is 27.9. The van der Waals surface area contributed by atoms with Crippen molar-refractivity contribution in [3.05, 3.63) is 76.7 Å². The van der Waals surface area contributed by atoms with Gasteiger partial charge < -0.3 is 14.6 Å². The molecule has 0 spiro atoms. The van der Waals surface area contributed by atoms with Crippen LogP contribution in [-0.2, 0) is 33.8 Å². The van der Waals surface area contributed by atoms with E-state index in [1.54, 1.807) is 12.3 Å². The van der Waals surface area contributed by atoms with Crippen molar-refractivity contribution in [3.8, 4) is 22.8 Å². The van der Waals surface area contributed by atoms with Crippen LogP contribution in [0.1, 0.15) is 34.6 Å². The maximum Gasteiger partial charge on any atom is 0.417 e. The predicted octanol–water partition coefficient (Wildman–Crippen LogP) is 5.27. The van der Waals surface area contributed by atoms with E-state index in [2.05, 4.69) is 4.98 Å². The Kier molecular flexibility index (Phi) is 7.24. The van der Waals surface area contributed by atoms with Crippen molar-refractivity contribution in [2.75, 3.05) is 18.6 Å². The van der Waals surface area contributed by atoms with Gasteiger partial charge in [0.05, 0.1) is 23.8 Å². The molecule has 5 rings (SSSR count). The Morgan fingerprint density at radius 2 is 1.90 bits per heavy atom. The smallest absolute Gasteiger partial charge is 0.417 e. The first-order valence-electron chi connectivity index (χ1n) is 12.5. The third-order valence-corrected chi connectivity index (χ3v) is 8.25. The number of halogens is 4. The van der Waals surface area contributed by atoms with Gasteiger partial charge in [-0.2, -0.15) is 13.2 Å². The molecule has 0 unspecified atom stereocenters. The molecule has 2 aliphatic carbocycles. The highest BCUT2D eigenvalue weighted by Gasteiger charge is 2.59. The molecule has 1 N–H and O–H groups in total. The molecular formula is C28H25F4NO6S. The third kappa shape index (κ3) is 5.91. The quantitative estimate of drug-likeness (QED) is 0.258. The molecule has 1 aromatic heterocycles. The number of hydrogen-bond acceptors (Lipinski definition) is 6. The van der Waals surface area contributed by atoms with Gasteiger partial charge >= 0.3 is 12.1 Å². The van der Waals surface area contributed by atoms with Crippen LogP contribution in [0.4, 0.5) is 17.6 Å². The Morgan fingerprint density at radius 1 is 1.12 bits per heavy atom. The lowest BCUT2D eigenvalue weighted by atomic mass is 9.97. The van der Waals surface area contributed by atoms with Gasteiger partial charge in [0, 0.05) is 30.0 Å². The molecule has 0 radical (unpaired) electrons. The number of ether oxygens (including phenoxy) is 2. The largest absolute Gasteiger partial charge is 0.494 e. The van der Waals surface area contributed by atoms with Crippen LogP contribution < -0.4 is 9.47 Å². The molecule has 0 saturated heterocycles. The van der Waals surface area contributed by atoms with E-state index in [1.807, 2.05) is 0 Å². The first-order valence-corrected chi connectivity index (χ1v) is 14.5. The summed E-state index contributed by atoms with van der Waals surface area (Å²) in [7, 11) is -3.22. The highest BCUT2D eigenvalue weighted by Crippen LogP contribution is 2.61. The number of fused-ring (bicyclic) bond motifs is 3. The highest BCUT2D eigenvalue weighted by molar-refractivity contribution is 7.90. The molecule has 2 aliphatic rings. The van der Waals surface area contributed by atoms with E-state index in [4.69, 9.17) is 9.47 Å². The van der Waals surface area contributed by atoms with E-state index in [1.165, 1.54) is 24.3 Å². The minimum absolute atomic E-state index is 0.0304. The lowest BCUT2D eigenvalue weighted by Gasteiger charge is -2.16. The van der Waals surface area contributed by atoms with E-state index < -0.39 is 33.4 Å². The number of rotatable bonds is 10. The molecule has 212 valence electrons. The maximum atomic E-state index is 14.6. The number of aliphatic carboxylic acids is 1. The number of carbonyl (C=O) groups is 1. The average Bonchev–Trinajstić information content (AvgIpc) is 3.47. The summed E-state index contributed by atoms with van der Waals surface area (Å²) in [5.41, 5.74) is 0.797. The molecule has 3 aromatic rings. The summed E-state index contributed by atoms with van der Waals surface area (Å²) >= 11 is 0. The Labute approximate surface area is 227 Å². The second-order valence-electron chi connectivity index (χ2n) is 10.1. The molecule has 1 fully saturated rings. The molecule has 7 nitrogen and oxygen atoms in total. The number of pyridine rings is 1. The number of sulfone groups is 1. The van der Waals surface area contributed by atoms with Crippen LogP contribution in [-0.4, -0.2) is 43.1 Å². The standard InChI is InChI=1S/C28H25F4NO6S/c1-40(36,37)8-2-7-38-18-4-5-19(22(12-18)28(30,31)32)15-3-6-23(29)17(9-15)14-39-24-11-16-10-20-25(21(16)13-33-24)26(20)27(34)35/h3-6,9,11-13,20,25-26H,2,7-8,10,14H2,1H3,(H,34,35)/t20-,25-,26+/m1/s1. The van der Waals surface area contributed by atoms with Gasteiger partial charge in [-0.1, -0.05) is 12.1 Å². The van der Waals surface area contributed by atoms with Gasteiger partial charge in [0.1, 0.15) is 28.0 Å². The van der Waals surface area contributed by atoms with Crippen molar-refractivity contribution >= 4 is 15.8 Å². The zero-order valence-corrected chi connectivity index (χ0v) is 22.1. The first-order chi connectivity index (χ1) is 18.8. The summed E-state index contributed by atoms with van der Waals surface area (Å²) in [5.74, 6) is -1.87. The number of hydrogen-bond donors (Lipinski definition) is 1. The number of aromatic nitrogens is 1. The lowest BCUT2D eigenvalue weighted by Crippen LogP contribution is -2.10. The van der Waals surface area contributed by atoms with Crippen molar-refractivity contribution < 1.29 is 45.4 Å². The summed E-state index contributed by atoms with van der Waals surface area (Å²) in [6, 6.07) is 8.70. The van der Waals surface area contributed by atoms with E-state index >= 15 is 0 Å². The summed E-state index contributed by atoms with van der Waals surface area (Å²) in [4.78, 5) is 15.5. The second kappa shape index (κ2) is 10.4. The van der Waals surface area contributed by atoms with Crippen LogP contribution in [0, 0.1) is 17.7 Å². The molecule has 0 amide bonds. The highest BCUT2D eigenvalue weighted by atomic mass is 32.2. The van der Waals surface area contributed by atoms with Gasteiger partial charge in [-0.05, 0) is 65.3 Å². The Morgan fingerprint density at radius 3 is 2.60 bits per heavy atom. The third-order valence-electron chi connectivity index (χ3n) is 7.22. The fourth-order valence-corrected chi connectivity index (χ4v) is 5.94. The van der Waals surface area contributed by atoms with Crippen LogP contribution in [0.15, 0.2) is 48.7 Å². The van der Waals surface area contributed by atoms with Gasteiger partial charge in [-0.25, -0.2) is 17.8 Å². The average molecular weight is 580 g/mol. The molecule has 1 heterocycles. The SMILES string of the molecule is CS(=O)(=O)CCCOc1ccc(-c2ccc(F)c(COc3cc4c(cn3)[C@H]3[C@@H](C4)[C@@H]3C(=O)O)c2)c(C(F)(F)F)c1. The fraction of sp³-hybridized carbons (Fsp3) is 0.357. The molecular weight excluding hydrogens is 554 g/mol. The second-order valence-corrected chi connectivity index (χ2v) is 12.4. The van der Waals surface area contributed by atoms with Crippen LogP contribution in [0.5, 0.6) is 11.6 Å².